The standard InChI is InChI=1S/C28H41NO4/c1-19-9-10-25-24(17-29-16-21-7-5-4-6-8-21)26(12-13-27(19,25)3)28(33-20(2)31)14-11-23(32)15-22(28)18-30/h4-8,22-26,29-30,32H,1,9-18H2,2-3H3/t22-,23+,24+,25?,26?,27-,28-/m1/s1. The van der Waals surface area contributed by atoms with Gasteiger partial charge in [0, 0.05) is 31.9 Å². The van der Waals surface area contributed by atoms with Crippen LogP contribution in [0.1, 0.15) is 64.4 Å². The van der Waals surface area contributed by atoms with Gasteiger partial charge in [-0.25, -0.2) is 0 Å². The largest absolute Gasteiger partial charge is 0.459 e. The summed E-state index contributed by atoms with van der Waals surface area (Å²) in [4.78, 5) is 12.4. The zero-order valence-corrected chi connectivity index (χ0v) is 20.3. The van der Waals surface area contributed by atoms with E-state index in [-0.39, 0.29) is 29.8 Å². The third kappa shape index (κ3) is 4.65. The van der Waals surface area contributed by atoms with Crippen LogP contribution in [0.5, 0.6) is 0 Å². The van der Waals surface area contributed by atoms with Crippen LogP contribution >= 0.6 is 0 Å². The molecule has 0 aromatic heterocycles. The minimum absolute atomic E-state index is 0.0698. The van der Waals surface area contributed by atoms with Crippen LogP contribution in [-0.4, -0.2) is 41.0 Å². The maximum Gasteiger partial charge on any atom is 0.303 e. The molecule has 3 fully saturated rings. The molecule has 0 radical (unpaired) electrons. The second-order valence-corrected chi connectivity index (χ2v) is 10.9. The van der Waals surface area contributed by atoms with Gasteiger partial charge in [-0.3, -0.25) is 4.79 Å². The zero-order valence-electron chi connectivity index (χ0n) is 20.3. The van der Waals surface area contributed by atoms with Gasteiger partial charge in [-0.05, 0) is 74.3 Å². The predicted octanol–water partition coefficient (Wildman–Crippen LogP) is 4.23. The molecule has 5 heteroatoms. The quantitative estimate of drug-likeness (QED) is 0.424. The molecule has 33 heavy (non-hydrogen) atoms. The molecule has 0 amide bonds. The summed E-state index contributed by atoms with van der Waals surface area (Å²) < 4.78 is 6.21. The van der Waals surface area contributed by atoms with Gasteiger partial charge in [0.25, 0.3) is 0 Å². The van der Waals surface area contributed by atoms with Crippen molar-refractivity contribution in [3.05, 3.63) is 48.0 Å². The second-order valence-electron chi connectivity index (χ2n) is 10.9. The summed E-state index contributed by atoms with van der Waals surface area (Å²) in [6, 6.07) is 10.4. The highest BCUT2D eigenvalue weighted by molar-refractivity contribution is 5.66. The maximum absolute atomic E-state index is 12.4. The van der Waals surface area contributed by atoms with Gasteiger partial charge < -0.3 is 20.3 Å². The van der Waals surface area contributed by atoms with Gasteiger partial charge in [0.2, 0.25) is 0 Å². The van der Waals surface area contributed by atoms with Crippen LogP contribution in [0.3, 0.4) is 0 Å². The van der Waals surface area contributed by atoms with Crippen molar-refractivity contribution < 1.29 is 19.7 Å². The van der Waals surface area contributed by atoms with E-state index >= 15 is 0 Å². The molecule has 0 spiro atoms. The summed E-state index contributed by atoms with van der Waals surface area (Å²) in [5, 5.41) is 24.4. The Bertz CT molecular complexity index is 842. The number of carbonyl (C=O) groups is 1. The summed E-state index contributed by atoms with van der Waals surface area (Å²) >= 11 is 0. The molecular weight excluding hydrogens is 414 g/mol. The fraction of sp³-hybridized carbons (Fsp3) is 0.679. The van der Waals surface area contributed by atoms with Gasteiger partial charge in [-0.2, -0.15) is 0 Å². The number of carbonyl (C=O) groups excluding carboxylic acids is 1. The van der Waals surface area contributed by atoms with Gasteiger partial charge >= 0.3 is 5.97 Å². The van der Waals surface area contributed by atoms with Crippen molar-refractivity contribution in [1.29, 1.82) is 0 Å². The van der Waals surface area contributed by atoms with E-state index in [0.717, 1.165) is 38.8 Å². The van der Waals surface area contributed by atoms with Gasteiger partial charge in [-0.1, -0.05) is 49.4 Å². The molecule has 3 saturated carbocycles. The SMILES string of the molecule is C=C1CCC2[C@H](CNCc3ccccc3)C([C@@]3(OC(C)=O)CC[C@H](O)C[C@@H]3CO)CC[C@]12C. The first-order valence-electron chi connectivity index (χ1n) is 12.7. The van der Waals surface area contributed by atoms with Gasteiger partial charge in [0.1, 0.15) is 5.60 Å². The van der Waals surface area contributed by atoms with Crippen molar-refractivity contribution in [2.24, 2.45) is 29.1 Å². The Morgan fingerprint density at radius 1 is 1.18 bits per heavy atom. The number of benzene rings is 1. The first-order chi connectivity index (χ1) is 15.8. The topological polar surface area (TPSA) is 78.8 Å². The average molecular weight is 456 g/mol. The molecule has 0 aliphatic heterocycles. The normalized spacial score (nSPS) is 38.7. The Hall–Kier alpha value is -1.69. The number of nitrogens with one attached hydrogen (secondary N) is 1. The van der Waals surface area contributed by atoms with E-state index in [1.807, 2.05) is 6.07 Å². The minimum Gasteiger partial charge on any atom is -0.459 e. The van der Waals surface area contributed by atoms with E-state index in [1.165, 1.54) is 18.1 Å². The molecule has 4 rings (SSSR count). The first-order valence-corrected chi connectivity index (χ1v) is 12.7. The third-order valence-electron chi connectivity index (χ3n) is 9.24. The van der Waals surface area contributed by atoms with Crippen LogP contribution in [-0.2, 0) is 16.1 Å². The van der Waals surface area contributed by atoms with E-state index < -0.39 is 11.7 Å². The van der Waals surface area contributed by atoms with Crippen LogP contribution in [0, 0.1) is 29.1 Å². The Balaban J connectivity index is 1.65. The number of hydrogen-bond donors (Lipinski definition) is 3. The van der Waals surface area contributed by atoms with Crippen LogP contribution in [0.2, 0.25) is 0 Å². The molecule has 7 atom stereocenters. The van der Waals surface area contributed by atoms with Crippen molar-refractivity contribution in [3.63, 3.8) is 0 Å². The fourth-order valence-electron chi connectivity index (χ4n) is 7.50. The molecule has 3 aliphatic carbocycles. The van der Waals surface area contributed by atoms with Crippen LogP contribution in [0.15, 0.2) is 42.5 Å². The zero-order chi connectivity index (χ0) is 23.6. The second kappa shape index (κ2) is 9.89. The Morgan fingerprint density at radius 3 is 2.64 bits per heavy atom. The minimum atomic E-state index is -0.718. The molecule has 5 nitrogen and oxygen atoms in total. The monoisotopic (exact) mass is 455 g/mol. The van der Waals surface area contributed by atoms with Crippen molar-refractivity contribution in [2.45, 2.75) is 77.0 Å². The number of fused-ring (bicyclic) bond motifs is 1. The highest BCUT2D eigenvalue weighted by Gasteiger charge is 2.59. The smallest absolute Gasteiger partial charge is 0.303 e. The number of allylic oxidation sites excluding steroid dienone is 1. The number of ether oxygens (including phenoxy) is 1. The lowest BCUT2D eigenvalue weighted by molar-refractivity contribution is -0.203. The molecule has 0 bridgehead atoms. The summed E-state index contributed by atoms with van der Waals surface area (Å²) in [5.74, 6) is 0.421. The molecule has 0 heterocycles. The maximum atomic E-state index is 12.4. The van der Waals surface area contributed by atoms with Crippen LogP contribution in [0.25, 0.3) is 0 Å². The molecule has 0 saturated heterocycles. The summed E-state index contributed by atoms with van der Waals surface area (Å²) in [6.07, 6.45) is 5.43. The van der Waals surface area contributed by atoms with Gasteiger partial charge in [-0.15, -0.1) is 0 Å². The van der Waals surface area contributed by atoms with Crippen molar-refractivity contribution in [2.75, 3.05) is 13.2 Å². The Labute approximate surface area is 198 Å². The number of esters is 1. The lowest BCUT2D eigenvalue weighted by atomic mass is 9.52. The summed E-state index contributed by atoms with van der Waals surface area (Å²) in [7, 11) is 0. The molecule has 3 N–H and O–H groups in total. The van der Waals surface area contributed by atoms with E-state index in [1.54, 1.807) is 0 Å². The first kappa shape index (κ1) is 24.4. The van der Waals surface area contributed by atoms with Crippen molar-refractivity contribution in [1.82, 2.24) is 5.32 Å². The molecule has 1 aromatic rings. The predicted molar refractivity (Wildman–Crippen MR) is 129 cm³/mol. The number of rotatable bonds is 7. The van der Waals surface area contributed by atoms with Gasteiger partial charge in [0.05, 0.1) is 6.10 Å². The highest BCUT2D eigenvalue weighted by Crippen LogP contribution is 2.62. The number of aliphatic hydroxyl groups is 2. The van der Waals surface area contributed by atoms with E-state index in [0.29, 0.717) is 31.1 Å². The molecule has 3 aliphatic rings. The molecule has 2 unspecified atom stereocenters. The summed E-state index contributed by atoms with van der Waals surface area (Å²) in [5.41, 5.74) is 2.02. The van der Waals surface area contributed by atoms with E-state index in [4.69, 9.17) is 4.74 Å². The van der Waals surface area contributed by atoms with E-state index in [2.05, 4.69) is 43.1 Å². The highest BCUT2D eigenvalue weighted by atomic mass is 16.6. The van der Waals surface area contributed by atoms with E-state index in [9.17, 15) is 15.0 Å². The molecular formula is C28H41NO4. The lowest BCUT2D eigenvalue weighted by Gasteiger charge is -2.56. The average Bonchev–Trinajstić information content (AvgIpc) is 3.10. The van der Waals surface area contributed by atoms with Gasteiger partial charge in [0.15, 0.2) is 0 Å². The number of aliphatic hydroxyl groups excluding tert-OH is 2. The van der Waals surface area contributed by atoms with Crippen molar-refractivity contribution >= 4 is 5.97 Å². The molecule has 1 aromatic carbocycles. The fourth-order valence-corrected chi connectivity index (χ4v) is 7.50. The third-order valence-corrected chi connectivity index (χ3v) is 9.24. The van der Waals surface area contributed by atoms with Crippen LogP contribution in [0.4, 0.5) is 0 Å². The summed E-state index contributed by atoms with van der Waals surface area (Å²) in [6.45, 7) is 9.87. The number of hydrogen-bond acceptors (Lipinski definition) is 5. The van der Waals surface area contributed by atoms with Crippen LogP contribution < -0.4 is 5.32 Å². The Morgan fingerprint density at radius 2 is 1.94 bits per heavy atom. The Kier molecular flexibility index (Phi) is 7.32. The molecule has 182 valence electrons. The van der Waals surface area contributed by atoms with Crippen molar-refractivity contribution in [3.8, 4) is 0 Å². The lowest BCUT2D eigenvalue weighted by Crippen LogP contribution is -2.60.